The largest absolute Gasteiger partial charge is 0.493 e. The van der Waals surface area contributed by atoms with E-state index in [1.54, 1.807) is 46.1 Å². The lowest BCUT2D eigenvalue weighted by Gasteiger charge is -2.24. The first kappa shape index (κ1) is 19.8. The fourth-order valence-electron chi connectivity index (χ4n) is 2.17. The smallest absolute Gasteiger partial charge is 0.408 e. The van der Waals surface area contributed by atoms with Gasteiger partial charge in [0.1, 0.15) is 11.4 Å². The van der Waals surface area contributed by atoms with Gasteiger partial charge in [-0.2, -0.15) is 0 Å². The second-order valence-corrected chi connectivity index (χ2v) is 6.45. The van der Waals surface area contributed by atoms with Crippen LogP contribution in [0.2, 0.25) is 0 Å². The van der Waals surface area contributed by atoms with Gasteiger partial charge in [0.2, 0.25) is 0 Å². The average Bonchev–Trinajstić information content (AvgIpc) is 2.44. The Labute approximate surface area is 143 Å². The highest BCUT2D eigenvalue weighted by atomic mass is 16.6. The summed E-state index contributed by atoms with van der Waals surface area (Å²) in [6.07, 6.45) is -0.403. The summed E-state index contributed by atoms with van der Waals surface area (Å²) < 4.78 is 16.1. The molecule has 0 bridgehead atoms. The minimum atomic E-state index is -0.610. The maximum atomic E-state index is 12.1. The maximum absolute atomic E-state index is 12.1. The van der Waals surface area contributed by atoms with Crippen molar-refractivity contribution in [2.75, 3.05) is 13.7 Å². The Hall–Kier alpha value is -2.24. The van der Waals surface area contributed by atoms with Gasteiger partial charge < -0.3 is 19.5 Å². The van der Waals surface area contributed by atoms with E-state index in [1.807, 2.05) is 6.92 Å². The van der Waals surface area contributed by atoms with Crippen molar-refractivity contribution in [1.82, 2.24) is 5.32 Å². The molecule has 0 aliphatic heterocycles. The van der Waals surface area contributed by atoms with Crippen molar-refractivity contribution in [2.24, 2.45) is 0 Å². The molecule has 0 aliphatic rings. The van der Waals surface area contributed by atoms with Crippen LogP contribution in [0.4, 0.5) is 4.79 Å². The van der Waals surface area contributed by atoms with Crippen LogP contribution in [-0.4, -0.2) is 31.2 Å². The molecular formula is C18H27NO5. The Morgan fingerprint density at radius 3 is 2.38 bits per heavy atom. The predicted octanol–water partition coefficient (Wildman–Crippen LogP) is 3.64. The van der Waals surface area contributed by atoms with Crippen LogP contribution in [0, 0.1) is 0 Å². The van der Waals surface area contributed by atoms with Gasteiger partial charge in [0.05, 0.1) is 19.8 Å². The quantitative estimate of drug-likeness (QED) is 0.822. The summed E-state index contributed by atoms with van der Waals surface area (Å²) in [6, 6.07) is 4.83. The average molecular weight is 337 g/mol. The number of nitrogens with one attached hydrogen (secondary N) is 1. The molecule has 0 fully saturated rings. The van der Waals surface area contributed by atoms with Crippen molar-refractivity contribution in [1.29, 1.82) is 0 Å². The van der Waals surface area contributed by atoms with Crippen LogP contribution in [0.25, 0.3) is 0 Å². The second-order valence-electron chi connectivity index (χ2n) is 6.45. The number of hydrogen-bond acceptors (Lipinski definition) is 5. The van der Waals surface area contributed by atoms with Gasteiger partial charge in [-0.1, -0.05) is 6.07 Å². The summed E-state index contributed by atoms with van der Waals surface area (Å²) in [6.45, 7) is 9.19. The molecule has 24 heavy (non-hydrogen) atoms. The van der Waals surface area contributed by atoms with Gasteiger partial charge in [0, 0.05) is 6.42 Å². The summed E-state index contributed by atoms with van der Waals surface area (Å²) >= 11 is 0. The molecule has 1 rings (SSSR count). The zero-order valence-electron chi connectivity index (χ0n) is 15.3. The highest BCUT2D eigenvalue weighted by Gasteiger charge is 2.22. The number of Topliss-reactive ketones (excluding diaryl/α,β-unsaturated/α-hetero) is 1. The second kappa shape index (κ2) is 8.57. The number of rotatable bonds is 7. The molecule has 6 nitrogen and oxygen atoms in total. The lowest BCUT2D eigenvalue weighted by Crippen LogP contribution is -2.35. The molecule has 0 saturated carbocycles. The summed E-state index contributed by atoms with van der Waals surface area (Å²) in [5.41, 5.74) is 0.140. The molecule has 1 N–H and O–H groups in total. The van der Waals surface area contributed by atoms with E-state index in [-0.39, 0.29) is 12.2 Å². The van der Waals surface area contributed by atoms with E-state index in [1.165, 1.54) is 6.92 Å². The van der Waals surface area contributed by atoms with Crippen LogP contribution in [0.15, 0.2) is 18.2 Å². The monoisotopic (exact) mass is 337 g/mol. The summed E-state index contributed by atoms with van der Waals surface area (Å²) in [5, 5.41) is 2.75. The third kappa shape index (κ3) is 6.48. The molecule has 0 heterocycles. The number of benzene rings is 1. The number of alkyl carbamates (subject to hydrolysis) is 1. The number of ketones is 1. The predicted molar refractivity (Wildman–Crippen MR) is 91.6 cm³/mol. The molecule has 1 amide bonds. The molecule has 1 aromatic rings. The van der Waals surface area contributed by atoms with Gasteiger partial charge in [-0.05, 0) is 52.3 Å². The number of carbonyl (C=O) groups is 2. The molecule has 0 aliphatic carbocycles. The van der Waals surface area contributed by atoms with E-state index >= 15 is 0 Å². The summed E-state index contributed by atoms with van der Waals surface area (Å²) in [4.78, 5) is 23.6. The zero-order chi connectivity index (χ0) is 18.3. The number of carbonyl (C=O) groups excluding carboxylic acids is 2. The topological polar surface area (TPSA) is 73.9 Å². The lowest BCUT2D eigenvalue weighted by atomic mass is 10.0. The Morgan fingerprint density at radius 1 is 1.21 bits per heavy atom. The van der Waals surface area contributed by atoms with Gasteiger partial charge in [0.15, 0.2) is 11.5 Å². The van der Waals surface area contributed by atoms with Crippen molar-refractivity contribution in [3.8, 4) is 11.5 Å². The maximum Gasteiger partial charge on any atom is 0.408 e. The van der Waals surface area contributed by atoms with Gasteiger partial charge in [-0.15, -0.1) is 0 Å². The van der Waals surface area contributed by atoms with Gasteiger partial charge in [-0.3, -0.25) is 4.79 Å². The van der Waals surface area contributed by atoms with Gasteiger partial charge in [-0.25, -0.2) is 4.79 Å². The lowest BCUT2D eigenvalue weighted by molar-refractivity contribution is -0.117. The minimum Gasteiger partial charge on any atom is -0.493 e. The molecule has 0 aromatic heterocycles. The first-order valence-electron chi connectivity index (χ1n) is 7.96. The Morgan fingerprint density at radius 2 is 1.88 bits per heavy atom. The standard InChI is InChI=1S/C18H27NO5/c1-7-23-16-11-13(8-9-15(16)22-6)14(10-12(2)20)19-17(21)24-18(3,4)5/h8-9,11,14H,7,10H2,1-6H3,(H,19,21)/t14-/m1/s1. The molecule has 134 valence electrons. The van der Waals surface area contributed by atoms with Gasteiger partial charge in [0.25, 0.3) is 0 Å². The summed E-state index contributed by atoms with van der Waals surface area (Å²) in [7, 11) is 1.56. The summed E-state index contributed by atoms with van der Waals surface area (Å²) in [5.74, 6) is 1.13. The van der Waals surface area contributed by atoms with Crippen molar-refractivity contribution in [2.45, 2.75) is 52.7 Å². The van der Waals surface area contributed by atoms with E-state index < -0.39 is 17.7 Å². The van der Waals surface area contributed by atoms with Crippen LogP contribution >= 0.6 is 0 Å². The van der Waals surface area contributed by atoms with Crippen LogP contribution in [0.5, 0.6) is 11.5 Å². The van der Waals surface area contributed by atoms with E-state index in [2.05, 4.69) is 5.32 Å². The first-order valence-corrected chi connectivity index (χ1v) is 7.96. The van der Waals surface area contributed by atoms with E-state index in [0.29, 0.717) is 18.1 Å². The first-order chi connectivity index (χ1) is 11.2. The Bertz CT molecular complexity index is 577. The third-order valence-corrected chi connectivity index (χ3v) is 3.07. The number of ether oxygens (including phenoxy) is 3. The van der Waals surface area contributed by atoms with E-state index in [4.69, 9.17) is 14.2 Å². The zero-order valence-corrected chi connectivity index (χ0v) is 15.3. The van der Waals surface area contributed by atoms with Crippen LogP contribution < -0.4 is 14.8 Å². The van der Waals surface area contributed by atoms with Crippen molar-refractivity contribution < 1.29 is 23.8 Å². The fraction of sp³-hybridized carbons (Fsp3) is 0.556. The molecule has 6 heteroatoms. The number of amides is 1. The molecular weight excluding hydrogens is 310 g/mol. The highest BCUT2D eigenvalue weighted by Crippen LogP contribution is 2.31. The Balaban J connectivity index is 3.05. The molecule has 1 aromatic carbocycles. The van der Waals surface area contributed by atoms with Gasteiger partial charge >= 0.3 is 6.09 Å². The normalized spacial score (nSPS) is 12.2. The fourth-order valence-corrected chi connectivity index (χ4v) is 2.17. The van der Waals surface area contributed by atoms with E-state index in [0.717, 1.165) is 5.56 Å². The highest BCUT2D eigenvalue weighted by molar-refractivity contribution is 5.77. The molecule has 0 spiro atoms. The van der Waals surface area contributed by atoms with Crippen molar-refractivity contribution in [3.05, 3.63) is 23.8 Å². The molecule has 0 radical (unpaired) electrons. The van der Waals surface area contributed by atoms with Crippen molar-refractivity contribution >= 4 is 11.9 Å². The van der Waals surface area contributed by atoms with Crippen LogP contribution in [0.1, 0.15) is 52.6 Å². The third-order valence-electron chi connectivity index (χ3n) is 3.07. The number of hydrogen-bond donors (Lipinski definition) is 1. The van der Waals surface area contributed by atoms with E-state index in [9.17, 15) is 9.59 Å². The van der Waals surface area contributed by atoms with Crippen LogP contribution in [0.3, 0.4) is 0 Å². The SMILES string of the molecule is CCOc1cc([C@@H](CC(C)=O)NC(=O)OC(C)(C)C)ccc1OC. The molecule has 1 atom stereocenters. The minimum absolute atomic E-state index is 0.0372. The van der Waals surface area contributed by atoms with Crippen molar-refractivity contribution in [3.63, 3.8) is 0 Å². The van der Waals surface area contributed by atoms with Crippen LogP contribution in [-0.2, 0) is 9.53 Å². The Kier molecular flexibility index (Phi) is 7.07. The molecule has 0 saturated heterocycles. The molecule has 0 unspecified atom stereocenters. The number of methoxy groups -OCH3 is 1.